The molecule has 0 saturated heterocycles. The van der Waals surface area contributed by atoms with E-state index < -0.39 is 5.97 Å². The van der Waals surface area contributed by atoms with E-state index >= 15 is 0 Å². The fourth-order valence-corrected chi connectivity index (χ4v) is 3.25. The van der Waals surface area contributed by atoms with Gasteiger partial charge in [0.05, 0.1) is 24.1 Å². The van der Waals surface area contributed by atoms with Gasteiger partial charge in [-0.2, -0.15) is 5.10 Å². The SMILES string of the molecule is O=C(O)CNCc1cnn(-c2ccc(-c3ccccc3)cc2)c1-c1cccnc1. The molecule has 4 aromatic rings. The van der Waals surface area contributed by atoms with Crippen LogP contribution in [0, 0.1) is 0 Å². The molecule has 144 valence electrons. The van der Waals surface area contributed by atoms with Crippen LogP contribution < -0.4 is 5.32 Å². The van der Waals surface area contributed by atoms with Gasteiger partial charge in [-0.1, -0.05) is 42.5 Å². The Balaban J connectivity index is 1.70. The Hall–Kier alpha value is -3.77. The fraction of sp³-hybridized carbons (Fsp3) is 0.0870. The van der Waals surface area contributed by atoms with Gasteiger partial charge in [0.25, 0.3) is 0 Å². The van der Waals surface area contributed by atoms with Crippen LogP contribution in [0.15, 0.2) is 85.3 Å². The molecule has 0 radical (unpaired) electrons. The van der Waals surface area contributed by atoms with E-state index in [1.807, 2.05) is 47.1 Å². The molecule has 0 aliphatic rings. The molecule has 0 fully saturated rings. The third kappa shape index (κ3) is 4.23. The lowest BCUT2D eigenvalue weighted by Crippen LogP contribution is -2.22. The standard InChI is InChI=1S/C23H20N4O2/c28-22(29)16-25-14-20-15-26-27(23(20)19-7-4-12-24-13-19)21-10-8-18(9-11-21)17-5-2-1-3-6-17/h1-13,15,25H,14,16H2,(H,28,29). The second-order valence-corrected chi connectivity index (χ2v) is 6.58. The molecule has 4 rings (SSSR count). The van der Waals surface area contributed by atoms with Crippen molar-refractivity contribution in [2.75, 3.05) is 6.54 Å². The van der Waals surface area contributed by atoms with Crippen LogP contribution in [0.3, 0.4) is 0 Å². The van der Waals surface area contributed by atoms with E-state index in [9.17, 15) is 4.79 Å². The Labute approximate surface area is 168 Å². The molecule has 0 aliphatic heterocycles. The molecule has 0 bridgehead atoms. The number of aliphatic carboxylic acids is 1. The van der Waals surface area contributed by atoms with Gasteiger partial charge in [-0.05, 0) is 35.4 Å². The molecular formula is C23H20N4O2. The van der Waals surface area contributed by atoms with Crippen LogP contribution in [0.1, 0.15) is 5.56 Å². The molecule has 0 saturated carbocycles. The van der Waals surface area contributed by atoms with Gasteiger partial charge < -0.3 is 10.4 Å². The van der Waals surface area contributed by atoms with Crippen molar-refractivity contribution < 1.29 is 9.90 Å². The molecular weight excluding hydrogens is 364 g/mol. The zero-order chi connectivity index (χ0) is 20.1. The molecule has 2 aromatic heterocycles. The van der Waals surface area contributed by atoms with E-state index in [0.29, 0.717) is 6.54 Å². The molecule has 6 heteroatoms. The monoisotopic (exact) mass is 384 g/mol. The highest BCUT2D eigenvalue weighted by molar-refractivity contribution is 5.69. The third-order valence-electron chi connectivity index (χ3n) is 4.59. The Kier molecular flexibility index (Phi) is 5.45. The van der Waals surface area contributed by atoms with Gasteiger partial charge in [0.2, 0.25) is 0 Å². The maximum Gasteiger partial charge on any atom is 0.317 e. The summed E-state index contributed by atoms with van der Waals surface area (Å²) in [4.78, 5) is 15.0. The van der Waals surface area contributed by atoms with E-state index in [2.05, 4.69) is 39.7 Å². The highest BCUT2D eigenvalue weighted by Gasteiger charge is 2.15. The molecule has 2 heterocycles. The Morgan fingerprint density at radius 1 is 0.897 bits per heavy atom. The normalized spacial score (nSPS) is 10.8. The number of hydrogen-bond acceptors (Lipinski definition) is 4. The van der Waals surface area contributed by atoms with Crippen LogP contribution >= 0.6 is 0 Å². The average molecular weight is 384 g/mol. The number of nitrogens with one attached hydrogen (secondary N) is 1. The highest BCUT2D eigenvalue weighted by atomic mass is 16.4. The lowest BCUT2D eigenvalue weighted by molar-refractivity contribution is -0.135. The number of carboxylic acid groups (broad SMARTS) is 1. The van der Waals surface area contributed by atoms with E-state index in [4.69, 9.17) is 5.11 Å². The van der Waals surface area contributed by atoms with Crippen molar-refractivity contribution in [2.24, 2.45) is 0 Å². The van der Waals surface area contributed by atoms with Crippen LogP contribution in [0.2, 0.25) is 0 Å². The molecule has 0 unspecified atom stereocenters. The van der Waals surface area contributed by atoms with Gasteiger partial charge in [-0.3, -0.25) is 9.78 Å². The number of aromatic nitrogens is 3. The van der Waals surface area contributed by atoms with Gasteiger partial charge in [-0.15, -0.1) is 0 Å². The van der Waals surface area contributed by atoms with E-state index in [1.165, 1.54) is 0 Å². The Bertz CT molecular complexity index is 1090. The quantitative estimate of drug-likeness (QED) is 0.507. The lowest BCUT2D eigenvalue weighted by atomic mass is 10.1. The number of nitrogens with zero attached hydrogens (tertiary/aromatic N) is 3. The number of hydrogen-bond donors (Lipinski definition) is 2. The van der Waals surface area contributed by atoms with Gasteiger partial charge in [0, 0.05) is 30.1 Å². The van der Waals surface area contributed by atoms with Gasteiger partial charge in [-0.25, -0.2) is 4.68 Å². The minimum Gasteiger partial charge on any atom is -0.480 e. The third-order valence-corrected chi connectivity index (χ3v) is 4.59. The maximum atomic E-state index is 10.8. The van der Waals surface area contributed by atoms with Crippen molar-refractivity contribution in [3.63, 3.8) is 0 Å². The highest BCUT2D eigenvalue weighted by Crippen LogP contribution is 2.27. The van der Waals surface area contributed by atoms with Gasteiger partial charge in [0.1, 0.15) is 0 Å². The topological polar surface area (TPSA) is 80.0 Å². The summed E-state index contributed by atoms with van der Waals surface area (Å²) in [6, 6.07) is 22.3. The number of benzene rings is 2. The van der Waals surface area contributed by atoms with Crippen molar-refractivity contribution in [1.29, 1.82) is 0 Å². The van der Waals surface area contributed by atoms with E-state index in [-0.39, 0.29) is 6.54 Å². The Morgan fingerprint density at radius 2 is 1.62 bits per heavy atom. The average Bonchev–Trinajstić information content (AvgIpc) is 3.19. The first-order valence-corrected chi connectivity index (χ1v) is 9.28. The van der Waals surface area contributed by atoms with Gasteiger partial charge in [0.15, 0.2) is 0 Å². The fourth-order valence-electron chi connectivity index (χ4n) is 3.25. The zero-order valence-corrected chi connectivity index (χ0v) is 15.7. The summed E-state index contributed by atoms with van der Waals surface area (Å²) in [6.45, 7) is 0.294. The summed E-state index contributed by atoms with van der Waals surface area (Å²) in [5, 5.41) is 16.4. The number of carbonyl (C=O) groups is 1. The van der Waals surface area contributed by atoms with Crippen molar-refractivity contribution in [1.82, 2.24) is 20.1 Å². The van der Waals surface area contributed by atoms with Crippen LogP contribution in [-0.2, 0) is 11.3 Å². The first-order chi connectivity index (χ1) is 14.2. The molecule has 0 amide bonds. The summed E-state index contributed by atoms with van der Waals surface area (Å²) >= 11 is 0. The molecule has 29 heavy (non-hydrogen) atoms. The molecule has 0 aliphatic carbocycles. The van der Waals surface area contributed by atoms with E-state index in [1.54, 1.807) is 18.6 Å². The Morgan fingerprint density at radius 3 is 2.31 bits per heavy atom. The molecule has 0 atom stereocenters. The van der Waals surface area contributed by atoms with Gasteiger partial charge >= 0.3 is 5.97 Å². The first kappa shape index (κ1) is 18.6. The molecule has 6 nitrogen and oxygen atoms in total. The van der Waals surface area contributed by atoms with Crippen LogP contribution in [0.5, 0.6) is 0 Å². The maximum absolute atomic E-state index is 10.8. The van der Waals surface area contributed by atoms with Crippen molar-refractivity contribution in [3.05, 3.63) is 90.9 Å². The zero-order valence-electron chi connectivity index (χ0n) is 15.7. The smallest absolute Gasteiger partial charge is 0.317 e. The second kappa shape index (κ2) is 8.50. The summed E-state index contributed by atoms with van der Waals surface area (Å²) < 4.78 is 1.86. The van der Waals surface area contributed by atoms with Crippen molar-refractivity contribution in [2.45, 2.75) is 6.54 Å². The molecule has 0 spiro atoms. The second-order valence-electron chi connectivity index (χ2n) is 6.58. The minimum absolute atomic E-state index is 0.108. The summed E-state index contributed by atoms with van der Waals surface area (Å²) in [6.07, 6.45) is 5.27. The van der Waals surface area contributed by atoms with Crippen LogP contribution in [0.25, 0.3) is 28.1 Å². The van der Waals surface area contributed by atoms with Crippen LogP contribution in [-0.4, -0.2) is 32.4 Å². The summed E-state index contributed by atoms with van der Waals surface area (Å²) in [5.41, 5.74) is 5.94. The summed E-state index contributed by atoms with van der Waals surface area (Å²) in [5.74, 6) is -0.892. The minimum atomic E-state index is -0.892. The van der Waals surface area contributed by atoms with Crippen molar-refractivity contribution in [3.8, 4) is 28.1 Å². The van der Waals surface area contributed by atoms with Crippen LogP contribution in [0.4, 0.5) is 0 Å². The number of pyridine rings is 1. The molecule has 2 N–H and O–H groups in total. The predicted octanol–water partition coefficient (Wildman–Crippen LogP) is 3.78. The predicted molar refractivity (Wildman–Crippen MR) is 112 cm³/mol. The largest absolute Gasteiger partial charge is 0.480 e. The first-order valence-electron chi connectivity index (χ1n) is 9.28. The number of rotatable bonds is 7. The number of carboxylic acids is 1. The lowest BCUT2D eigenvalue weighted by Gasteiger charge is -2.11. The van der Waals surface area contributed by atoms with Crippen molar-refractivity contribution >= 4 is 5.97 Å². The van der Waals surface area contributed by atoms with E-state index in [0.717, 1.165) is 33.6 Å². The summed E-state index contributed by atoms with van der Waals surface area (Å²) in [7, 11) is 0. The molecule has 2 aromatic carbocycles.